The number of phosphoric acid groups is 3. The lowest BCUT2D eigenvalue weighted by atomic mass is 9.77. The summed E-state index contributed by atoms with van der Waals surface area (Å²) in [5.74, 6) is -1.74. The molecule has 6 rings (SSSR count). The van der Waals surface area contributed by atoms with Crippen LogP contribution in [-0.2, 0) is 97.3 Å². The van der Waals surface area contributed by atoms with Crippen molar-refractivity contribution in [2.45, 2.75) is 169 Å². The first-order valence-electron chi connectivity index (χ1n) is 32.2. The zero-order chi connectivity index (χ0) is 75.9. The number of aromatic amines is 1. The van der Waals surface area contributed by atoms with Crippen molar-refractivity contribution >= 4 is 105 Å². The minimum Gasteiger partial charge on any atom is -0.390 e. The second-order valence-electron chi connectivity index (χ2n) is 25.2. The Bertz CT molecular complexity index is 4440. The minimum absolute atomic E-state index is 0.0128. The Morgan fingerprint density at radius 2 is 1.25 bits per heavy atom. The highest BCUT2D eigenvalue weighted by atomic mass is 32.2. The van der Waals surface area contributed by atoms with Crippen LogP contribution in [0.2, 0.25) is 0 Å². The van der Waals surface area contributed by atoms with E-state index in [9.17, 15) is 104 Å². The van der Waals surface area contributed by atoms with Crippen LogP contribution in [0, 0.1) is 0 Å². The van der Waals surface area contributed by atoms with Gasteiger partial charge in [0.15, 0.2) is 5.71 Å². The molecule has 1 aromatic heterocycles. The van der Waals surface area contributed by atoms with Crippen molar-refractivity contribution < 1.29 is 127 Å². The average Bonchev–Trinajstić information content (AvgIpc) is 1.59. The quantitative estimate of drug-likeness (QED) is 0.0158. The number of carbonyl (C=O) groups is 3. The van der Waals surface area contributed by atoms with Gasteiger partial charge >= 0.3 is 29.2 Å². The van der Waals surface area contributed by atoms with Gasteiger partial charge in [-0.3, -0.25) is 51.5 Å². The Hall–Kier alpha value is -5.81. The number of carbonyl (C=O) groups excluding carboxylic acids is 3. The molecule has 2 aromatic carbocycles. The number of hydrogen-bond donors (Lipinski definition) is 13. The highest BCUT2D eigenvalue weighted by Gasteiger charge is 2.47. The lowest BCUT2D eigenvalue weighted by Crippen LogP contribution is -2.33. The summed E-state index contributed by atoms with van der Waals surface area (Å²) in [5, 5.41) is 18.9. The van der Waals surface area contributed by atoms with Crippen LogP contribution in [0.5, 0.6) is 0 Å². The molecule has 0 spiro atoms. The number of phosphoric ester groups is 1. The number of rotatable bonds is 42. The van der Waals surface area contributed by atoms with Crippen LogP contribution in [0.15, 0.2) is 92.0 Å². The van der Waals surface area contributed by atoms with Crippen LogP contribution >= 0.6 is 23.5 Å². The molecule has 0 aliphatic carbocycles. The summed E-state index contributed by atoms with van der Waals surface area (Å²) in [6, 6.07) is 8.21. The van der Waals surface area contributed by atoms with Crippen molar-refractivity contribution in [3.8, 4) is 0 Å². The second-order valence-corrected chi connectivity index (χ2v) is 35.6. The van der Waals surface area contributed by atoms with Crippen LogP contribution in [0.3, 0.4) is 0 Å². The summed E-state index contributed by atoms with van der Waals surface area (Å²) in [7, 11) is -35.0. The van der Waals surface area contributed by atoms with Crippen molar-refractivity contribution in [3.05, 3.63) is 110 Å². The lowest BCUT2D eigenvalue weighted by molar-refractivity contribution is -0.437. The molecule has 4 heterocycles. The smallest absolute Gasteiger partial charge is 0.390 e. The van der Waals surface area contributed by atoms with E-state index >= 15 is 0 Å². The Morgan fingerprint density at radius 1 is 0.696 bits per heavy atom. The van der Waals surface area contributed by atoms with Crippen molar-refractivity contribution in [2.75, 3.05) is 55.7 Å². The zero-order valence-electron chi connectivity index (χ0n) is 55.8. The number of hydrogen-bond acceptors (Lipinski definition) is 22. The maximum absolute atomic E-state index is 12.9. The first-order valence-corrected chi connectivity index (χ1v) is 42.8. The van der Waals surface area contributed by atoms with Gasteiger partial charge in [0.05, 0.1) is 45.0 Å². The molecular weight excluding hydrogens is 1490 g/mol. The molecule has 1 saturated heterocycles. The molecule has 6 atom stereocenters. The fraction of sp³-hybridized carbons (Fsp3) is 0.559. The maximum atomic E-state index is 12.9. The average molecular weight is 1580 g/mol. The molecule has 13 N–H and O–H groups in total. The first kappa shape index (κ1) is 85.1. The maximum Gasteiger partial charge on any atom is 0.490 e. The molecule has 0 radical (unpaired) electrons. The molecule has 570 valence electrons. The van der Waals surface area contributed by atoms with E-state index in [-0.39, 0.29) is 97.5 Å². The second kappa shape index (κ2) is 36.0. The lowest BCUT2D eigenvalue weighted by Gasteiger charge is -2.30. The van der Waals surface area contributed by atoms with Crippen molar-refractivity contribution in [1.82, 2.24) is 25.5 Å². The molecule has 102 heavy (non-hydrogen) atoms. The number of nitrogens with one attached hydrogen (secondary N) is 4. The summed E-state index contributed by atoms with van der Waals surface area (Å²) in [6.07, 6.45) is 10.9. The van der Waals surface area contributed by atoms with Gasteiger partial charge in [0.25, 0.3) is 46.0 Å². The van der Waals surface area contributed by atoms with E-state index in [2.05, 4.69) is 34.1 Å². The fourth-order valence-corrected chi connectivity index (χ4v) is 17.1. The van der Waals surface area contributed by atoms with E-state index in [4.69, 9.17) is 14.5 Å². The summed E-state index contributed by atoms with van der Waals surface area (Å²) in [4.78, 5) is 103. The van der Waals surface area contributed by atoms with Crippen LogP contribution in [-0.4, -0.2) is 177 Å². The van der Waals surface area contributed by atoms with Crippen LogP contribution in [0.4, 0.5) is 11.4 Å². The molecule has 36 nitrogen and oxygen atoms in total. The highest BCUT2D eigenvalue weighted by Crippen LogP contribution is 2.66. The molecule has 43 heteroatoms. The van der Waals surface area contributed by atoms with Crippen LogP contribution < -0.4 is 32.1 Å². The summed E-state index contributed by atoms with van der Waals surface area (Å²) >= 11 is 0. The molecule has 3 aromatic rings. The van der Waals surface area contributed by atoms with Gasteiger partial charge in [-0.25, -0.2) is 18.5 Å². The van der Waals surface area contributed by atoms with Crippen molar-refractivity contribution in [3.63, 3.8) is 0 Å². The van der Waals surface area contributed by atoms with Gasteiger partial charge in [0.1, 0.15) is 18.9 Å². The van der Waals surface area contributed by atoms with E-state index < -0.39 is 123 Å². The van der Waals surface area contributed by atoms with Gasteiger partial charge < -0.3 is 50.3 Å². The molecule has 3 unspecified atom stereocenters. The molecule has 3 aliphatic heterocycles. The van der Waals surface area contributed by atoms with Gasteiger partial charge in [-0.1, -0.05) is 43.9 Å². The number of benzene rings is 2. The summed E-state index contributed by atoms with van der Waals surface area (Å²) in [5.41, 5.74) is -0.521. The Kier molecular flexibility index (Phi) is 30.0. The third-order valence-electron chi connectivity index (χ3n) is 16.9. The molecule has 0 saturated carbocycles. The number of anilines is 1. The normalized spacial score (nSPS) is 20.3. The van der Waals surface area contributed by atoms with E-state index in [1.165, 1.54) is 42.5 Å². The van der Waals surface area contributed by atoms with Gasteiger partial charge in [-0.2, -0.15) is 46.9 Å². The van der Waals surface area contributed by atoms with Crippen molar-refractivity contribution in [2.24, 2.45) is 0 Å². The Balaban J connectivity index is 0.917. The van der Waals surface area contributed by atoms with Crippen molar-refractivity contribution in [1.29, 1.82) is 0 Å². The van der Waals surface area contributed by atoms with E-state index in [0.29, 0.717) is 111 Å². The van der Waals surface area contributed by atoms with Gasteiger partial charge in [0, 0.05) is 99.0 Å². The number of nitrogens with zero attached hydrogens (tertiary/aromatic N) is 3. The molecular formula is C59H87N7O29P3S4+. The standard InChI is InChI=1S/C59H86N7O29P3S4/c1-58(2)44-36-42(101(86,87)88)24-26-46(44)64(33-17-35-100(83,84)85)50(58)19-15-20-51-59(3,28-10-14-34-99(80,81)82)45-37-43(102(89,90)91)25-27-47(45)65(51)32-13-6-9-23-53(69)61-30-11-4-7-21-52(68)60-29-12-5-8-22-54(70)62-31-16-18-41-39-66(57(72)63-56(41)71)55-38-48(67)49(93-55)40-92-97(76,77)95-98(78,79)94-96(73,74)75/h15-16,18-20,24-27,36-37,39,48-49,55,67H,4-14,17,21-23,28-35,38,40H2,1-3H3,(H11-,60,61,62,63,68,69,70,71,72,73,74,75,76,77,78,79,80,81,82,83,84,85,86,87,88,89,90,91)/p+1/b18-16+/t48-,49+,55+,59?/m0/s1. The zero-order valence-corrected chi connectivity index (χ0v) is 61.8. The number of aliphatic hydroxyl groups excluding tert-OH is 1. The first-order chi connectivity index (χ1) is 47.3. The predicted octanol–water partition coefficient (Wildman–Crippen LogP) is 4.70. The van der Waals surface area contributed by atoms with Gasteiger partial charge in [0.2, 0.25) is 23.4 Å². The van der Waals surface area contributed by atoms with Gasteiger partial charge in [-0.15, -0.1) is 0 Å². The summed E-state index contributed by atoms with van der Waals surface area (Å²) in [6.45, 7) is 5.63. The van der Waals surface area contributed by atoms with E-state index in [1.54, 1.807) is 42.7 Å². The van der Waals surface area contributed by atoms with Gasteiger partial charge in [-0.05, 0) is 114 Å². The summed E-state index contributed by atoms with van der Waals surface area (Å²) < 4.78 is 190. The van der Waals surface area contributed by atoms with E-state index in [1.807, 2.05) is 11.8 Å². The monoisotopic (exact) mass is 1580 g/mol. The third kappa shape index (κ3) is 26.1. The third-order valence-corrected chi connectivity index (χ3v) is 24.0. The highest BCUT2D eigenvalue weighted by molar-refractivity contribution is 7.86. The topological polar surface area (TPSA) is 555 Å². The van der Waals surface area contributed by atoms with E-state index in [0.717, 1.165) is 10.8 Å². The number of aliphatic hydroxyl groups is 1. The number of amides is 3. The number of unbranched alkanes of at least 4 members (excludes halogenated alkanes) is 7. The Morgan fingerprint density at radius 3 is 1.83 bits per heavy atom. The molecule has 3 amide bonds. The van der Waals surface area contributed by atoms with Crippen LogP contribution in [0.1, 0.15) is 153 Å². The van der Waals surface area contributed by atoms with Crippen LogP contribution in [0.25, 0.3) is 6.08 Å². The minimum atomic E-state index is -5.81. The number of allylic oxidation sites excluding steroid dienone is 4. The number of aromatic nitrogens is 2. The number of ether oxygens (including phenoxy) is 1. The predicted molar refractivity (Wildman–Crippen MR) is 368 cm³/mol. The SMILES string of the molecule is CC1(C)C(C=CC=C2N(CCCCCC(=O)NCCCCCC(=O)NCCCCCC(=O)NC/C=C/c3cn([C@H]4C[C@H](O)[C@@H](COP(=O)(O)OP(=O)(O)OP(=O)(O)O)O4)c(=O)[nH]c3=O)c3ccc(S(=O)(=O)O)cc3C2(C)CCCCS(=O)(=O)O)=[N+](CCCS(=O)(=O)O)c2ccc(S(=O)(=O)O)cc21. The Labute approximate surface area is 589 Å². The molecule has 0 bridgehead atoms. The largest absolute Gasteiger partial charge is 0.490 e. The number of H-pyrrole nitrogens is 1. The molecule has 3 aliphatic rings. The fourth-order valence-electron chi connectivity index (χ4n) is 12.0. The number of fused-ring (bicyclic) bond motifs is 2. The molecule has 1 fully saturated rings.